The molecule has 2 rings (SSSR count). The van der Waals surface area contributed by atoms with Crippen LogP contribution in [0.1, 0.15) is 57.4 Å². The summed E-state index contributed by atoms with van der Waals surface area (Å²) in [6, 6.07) is 5.68. The molecule has 0 nitrogen and oxygen atoms in total. The second-order valence-electron chi connectivity index (χ2n) is 5.96. The van der Waals surface area contributed by atoms with Crippen molar-refractivity contribution in [3.8, 4) is 0 Å². The minimum atomic E-state index is -0.0650. The Morgan fingerprint density at radius 1 is 1.11 bits per heavy atom. The summed E-state index contributed by atoms with van der Waals surface area (Å²) >= 11 is 2.05. The molecule has 0 heterocycles. The second-order valence-corrected chi connectivity index (χ2v) is 7.12. The average Bonchev–Trinajstić information content (AvgIpc) is 2.42. The average molecular weight is 374 g/mol. The van der Waals surface area contributed by atoms with E-state index in [9.17, 15) is 4.39 Å². The van der Waals surface area contributed by atoms with Crippen molar-refractivity contribution >= 4 is 22.6 Å². The van der Waals surface area contributed by atoms with Gasteiger partial charge in [0.2, 0.25) is 0 Å². The maximum Gasteiger partial charge on any atom is 0.136 e. The second kappa shape index (κ2) is 7.61. The van der Waals surface area contributed by atoms with Crippen LogP contribution in [0.15, 0.2) is 18.2 Å². The summed E-state index contributed by atoms with van der Waals surface area (Å²) in [5.74, 6) is 1.79. The molecular formula is C17H24FI. The number of halogens is 2. The van der Waals surface area contributed by atoms with Gasteiger partial charge in [-0.05, 0) is 65.0 Å². The number of hydrogen-bond acceptors (Lipinski definition) is 0. The fourth-order valence-electron chi connectivity index (χ4n) is 3.28. The highest BCUT2D eigenvalue weighted by atomic mass is 127. The van der Waals surface area contributed by atoms with Crippen molar-refractivity contribution in [3.63, 3.8) is 0 Å². The summed E-state index contributed by atoms with van der Waals surface area (Å²) in [4.78, 5) is 0. The first kappa shape index (κ1) is 15.3. The van der Waals surface area contributed by atoms with Gasteiger partial charge in [-0.3, -0.25) is 0 Å². The van der Waals surface area contributed by atoms with Crippen LogP contribution in [0.4, 0.5) is 4.39 Å². The Bertz CT molecular complexity index is 394. The van der Waals surface area contributed by atoms with Crippen LogP contribution in [0, 0.1) is 21.2 Å². The van der Waals surface area contributed by atoms with Crippen molar-refractivity contribution in [1.82, 2.24) is 0 Å². The van der Waals surface area contributed by atoms with Gasteiger partial charge in [-0.1, -0.05) is 51.5 Å². The predicted molar refractivity (Wildman–Crippen MR) is 87.8 cm³/mol. The molecule has 1 aromatic carbocycles. The zero-order valence-corrected chi connectivity index (χ0v) is 14.0. The van der Waals surface area contributed by atoms with Crippen molar-refractivity contribution in [3.05, 3.63) is 33.1 Å². The largest absolute Gasteiger partial charge is 0.206 e. The third-order valence-corrected chi connectivity index (χ3v) is 5.36. The number of benzene rings is 1. The first-order valence-corrected chi connectivity index (χ1v) is 8.70. The van der Waals surface area contributed by atoms with E-state index in [0.717, 1.165) is 27.4 Å². The van der Waals surface area contributed by atoms with Crippen LogP contribution in [0.2, 0.25) is 0 Å². The van der Waals surface area contributed by atoms with E-state index in [1.165, 1.54) is 44.9 Å². The van der Waals surface area contributed by atoms with Crippen molar-refractivity contribution in [1.29, 1.82) is 0 Å². The molecule has 1 aliphatic carbocycles. The summed E-state index contributed by atoms with van der Waals surface area (Å²) in [6.07, 6.45) is 10.6. The molecule has 0 aromatic heterocycles. The lowest BCUT2D eigenvalue weighted by Crippen LogP contribution is -2.15. The van der Waals surface area contributed by atoms with Crippen LogP contribution in [0.5, 0.6) is 0 Å². The molecule has 0 bridgehead atoms. The molecule has 0 saturated heterocycles. The van der Waals surface area contributed by atoms with Crippen LogP contribution in [0.25, 0.3) is 0 Å². The summed E-state index contributed by atoms with van der Waals surface area (Å²) in [6.45, 7) is 2.29. The van der Waals surface area contributed by atoms with Gasteiger partial charge in [-0.2, -0.15) is 0 Å². The highest BCUT2D eigenvalue weighted by molar-refractivity contribution is 14.1. The lowest BCUT2D eigenvalue weighted by atomic mass is 9.78. The van der Waals surface area contributed by atoms with Gasteiger partial charge in [0.15, 0.2) is 0 Å². The Hall–Kier alpha value is -0.120. The standard InChI is InChI=1S/C17H24FI/c1-2-3-13-4-6-14(7-5-13)8-9-15-10-11-17(19)16(18)12-15/h10-14H,2-9H2,1H3. The number of hydrogen-bond donors (Lipinski definition) is 0. The smallest absolute Gasteiger partial charge is 0.136 e. The van der Waals surface area contributed by atoms with E-state index in [0.29, 0.717) is 0 Å². The molecular weight excluding hydrogens is 350 g/mol. The maximum absolute atomic E-state index is 13.5. The van der Waals surface area contributed by atoms with Crippen molar-refractivity contribution in [2.75, 3.05) is 0 Å². The van der Waals surface area contributed by atoms with Crippen molar-refractivity contribution in [2.45, 2.75) is 58.3 Å². The third-order valence-electron chi connectivity index (χ3n) is 4.49. The molecule has 0 spiro atoms. The highest BCUT2D eigenvalue weighted by Gasteiger charge is 2.20. The van der Waals surface area contributed by atoms with Gasteiger partial charge in [0, 0.05) is 3.57 Å². The topological polar surface area (TPSA) is 0 Å². The fraction of sp³-hybridized carbons (Fsp3) is 0.647. The Balaban J connectivity index is 1.75. The minimum absolute atomic E-state index is 0.0650. The van der Waals surface area contributed by atoms with Crippen LogP contribution < -0.4 is 0 Å². The quantitative estimate of drug-likeness (QED) is 0.557. The number of rotatable bonds is 5. The van der Waals surface area contributed by atoms with Crippen LogP contribution in [-0.2, 0) is 6.42 Å². The summed E-state index contributed by atoms with van der Waals surface area (Å²) in [5, 5.41) is 0. The molecule has 0 radical (unpaired) electrons. The van der Waals surface area contributed by atoms with E-state index < -0.39 is 0 Å². The van der Waals surface area contributed by atoms with Crippen LogP contribution >= 0.6 is 22.6 Å². The van der Waals surface area contributed by atoms with Gasteiger partial charge < -0.3 is 0 Å². The Morgan fingerprint density at radius 3 is 2.32 bits per heavy atom. The van der Waals surface area contributed by atoms with Gasteiger partial charge in [0.05, 0.1) is 0 Å². The molecule has 106 valence electrons. The molecule has 1 aromatic rings. The highest BCUT2D eigenvalue weighted by Crippen LogP contribution is 2.33. The van der Waals surface area contributed by atoms with E-state index in [2.05, 4.69) is 13.0 Å². The van der Waals surface area contributed by atoms with Crippen LogP contribution in [-0.4, -0.2) is 0 Å². The predicted octanol–water partition coefficient (Wildman–Crippen LogP) is 5.97. The van der Waals surface area contributed by atoms with Gasteiger partial charge in [0.1, 0.15) is 5.82 Å². The van der Waals surface area contributed by atoms with Gasteiger partial charge in [-0.25, -0.2) is 4.39 Å². The van der Waals surface area contributed by atoms with Gasteiger partial charge in [-0.15, -0.1) is 0 Å². The molecule has 1 saturated carbocycles. The van der Waals surface area contributed by atoms with E-state index in [1.807, 2.05) is 28.7 Å². The van der Waals surface area contributed by atoms with Crippen LogP contribution in [0.3, 0.4) is 0 Å². The number of aryl methyl sites for hydroxylation is 1. The first-order valence-electron chi connectivity index (χ1n) is 7.63. The van der Waals surface area contributed by atoms with E-state index in [-0.39, 0.29) is 5.82 Å². The van der Waals surface area contributed by atoms with E-state index in [4.69, 9.17) is 0 Å². The van der Waals surface area contributed by atoms with Gasteiger partial charge >= 0.3 is 0 Å². The van der Waals surface area contributed by atoms with E-state index in [1.54, 1.807) is 6.07 Å². The lowest BCUT2D eigenvalue weighted by Gasteiger charge is -2.28. The van der Waals surface area contributed by atoms with Crippen molar-refractivity contribution in [2.24, 2.45) is 11.8 Å². The Morgan fingerprint density at radius 2 is 1.74 bits per heavy atom. The molecule has 0 N–H and O–H groups in total. The normalized spacial score (nSPS) is 23.5. The molecule has 2 heteroatoms. The third kappa shape index (κ3) is 4.73. The summed E-state index contributed by atoms with van der Waals surface area (Å²) in [5.41, 5.74) is 1.16. The maximum atomic E-state index is 13.5. The molecule has 0 atom stereocenters. The van der Waals surface area contributed by atoms with E-state index >= 15 is 0 Å². The fourth-order valence-corrected chi connectivity index (χ4v) is 3.62. The Labute approximate surface area is 130 Å². The molecule has 0 aliphatic heterocycles. The SMILES string of the molecule is CCCC1CCC(CCc2ccc(I)c(F)c2)CC1. The molecule has 1 fully saturated rings. The zero-order chi connectivity index (χ0) is 13.7. The van der Waals surface area contributed by atoms with Gasteiger partial charge in [0.25, 0.3) is 0 Å². The molecule has 19 heavy (non-hydrogen) atoms. The van der Waals surface area contributed by atoms with Crippen molar-refractivity contribution < 1.29 is 4.39 Å². The zero-order valence-electron chi connectivity index (χ0n) is 11.8. The Kier molecular flexibility index (Phi) is 6.11. The lowest BCUT2D eigenvalue weighted by molar-refractivity contribution is 0.252. The molecule has 0 amide bonds. The molecule has 0 unspecified atom stereocenters. The summed E-state index contributed by atoms with van der Waals surface area (Å²) < 4.78 is 14.2. The first-order chi connectivity index (χ1) is 9.19. The molecule has 1 aliphatic rings. The minimum Gasteiger partial charge on any atom is -0.206 e. The monoisotopic (exact) mass is 374 g/mol. The summed E-state index contributed by atoms with van der Waals surface area (Å²) in [7, 11) is 0.